The van der Waals surface area contributed by atoms with Crippen LogP contribution in [0.3, 0.4) is 0 Å². The topological polar surface area (TPSA) is 93.0 Å². The molecule has 0 aliphatic carbocycles. The van der Waals surface area contributed by atoms with Crippen LogP contribution in [0, 0.1) is 10.1 Å². The Balaban J connectivity index is 2.27. The van der Waals surface area contributed by atoms with Crippen molar-refractivity contribution < 1.29 is 4.92 Å². The molecule has 0 aliphatic rings. The lowest BCUT2D eigenvalue weighted by Gasteiger charge is -2.14. The van der Waals surface area contributed by atoms with Gasteiger partial charge in [-0.1, -0.05) is 6.92 Å². The van der Waals surface area contributed by atoms with Crippen molar-refractivity contribution >= 4 is 28.7 Å². The van der Waals surface area contributed by atoms with Gasteiger partial charge in [-0.05, 0) is 35.7 Å². The summed E-state index contributed by atoms with van der Waals surface area (Å²) in [6, 6.07) is 1.91. The summed E-state index contributed by atoms with van der Waals surface area (Å²) in [6.45, 7) is 4.54. The van der Waals surface area contributed by atoms with Crippen LogP contribution >= 0.6 is 11.3 Å². The summed E-state index contributed by atoms with van der Waals surface area (Å²) in [6.07, 6.45) is 2.18. The summed E-state index contributed by atoms with van der Waals surface area (Å²) in [5.74, 6) is 0.476. The standard InChI is InChI=1S/C13H17N5O2S/c1-3-5-14-12-11(18(19)20)13(16-8-15-12)17-9(2)10-4-6-21-7-10/h4,6-9H,3,5H2,1-2H3,(H2,14,15,16,17). The van der Waals surface area contributed by atoms with E-state index in [4.69, 9.17) is 0 Å². The smallest absolute Gasteiger partial charge is 0.353 e. The third kappa shape index (κ3) is 3.66. The zero-order chi connectivity index (χ0) is 15.2. The first kappa shape index (κ1) is 15.2. The van der Waals surface area contributed by atoms with Gasteiger partial charge in [-0.25, -0.2) is 9.97 Å². The Kier molecular flexibility index (Phi) is 5.04. The highest BCUT2D eigenvalue weighted by Crippen LogP contribution is 2.31. The summed E-state index contributed by atoms with van der Waals surface area (Å²) in [7, 11) is 0. The van der Waals surface area contributed by atoms with Crippen LogP contribution in [0.25, 0.3) is 0 Å². The molecule has 2 N–H and O–H groups in total. The summed E-state index contributed by atoms with van der Waals surface area (Å²) in [4.78, 5) is 18.8. The molecule has 1 unspecified atom stereocenters. The van der Waals surface area contributed by atoms with Gasteiger partial charge < -0.3 is 10.6 Å². The number of anilines is 2. The average molecular weight is 307 g/mol. The summed E-state index contributed by atoms with van der Waals surface area (Å²) < 4.78 is 0. The largest absolute Gasteiger partial charge is 0.364 e. The molecule has 0 aromatic carbocycles. The van der Waals surface area contributed by atoms with E-state index in [-0.39, 0.29) is 23.4 Å². The van der Waals surface area contributed by atoms with E-state index in [9.17, 15) is 10.1 Å². The van der Waals surface area contributed by atoms with Crippen molar-refractivity contribution in [2.24, 2.45) is 0 Å². The number of thiophene rings is 1. The van der Waals surface area contributed by atoms with Crippen LogP contribution in [-0.4, -0.2) is 21.4 Å². The van der Waals surface area contributed by atoms with Crippen LogP contribution < -0.4 is 10.6 Å². The first-order valence-electron chi connectivity index (χ1n) is 6.65. The summed E-state index contributed by atoms with van der Waals surface area (Å²) in [5, 5.41) is 21.3. The van der Waals surface area contributed by atoms with Gasteiger partial charge in [0, 0.05) is 6.54 Å². The number of rotatable bonds is 7. The maximum Gasteiger partial charge on any atom is 0.353 e. The lowest BCUT2D eigenvalue weighted by molar-refractivity contribution is -0.383. The highest BCUT2D eigenvalue weighted by atomic mass is 32.1. The molecular formula is C13H17N5O2S. The van der Waals surface area contributed by atoms with Gasteiger partial charge in [0.25, 0.3) is 0 Å². The quantitative estimate of drug-likeness (QED) is 0.601. The minimum absolute atomic E-state index is 0.0659. The van der Waals surface area contributed by atoms with Crippen LogP contribution in [0.2, 0.25) is 0 Å². The van der Waals surface area contributed by atoms with Gasteiger partial charge in [0.1, 0.15) is 6.33 Å². The molecule has 2 aromatic rings. The van der Waals surface area contributed by atoms with Crippen LogP contribution in [0.4, 0.5) is 17.3 Å². The number of hydrogen-bond acceptors (Lipinski definition) is 7. The second-order valence-electron chi connectivity index (χ2n) is 4.53. The van der Waals surface area contributed by atoms with Crippen LogP contribution in [0.5, 0.6) is 0 Å². The van der Waals surface area contributed by atoms with Gasteiger partial charge in [-0.15, -0.1) is 0 Å². The highest BCUT2D eigenvalue weighted by molar-refractivity contribution is 7.07. The van der Waals surface area contributed by atoms with E-state index >= 15 is 0 Å². The number of aromatic nitrogens is 2. The van der Waals surface area contributed by atoms with Gasteiger partial charge in [-0.2, -0.15) is 11.3 Å². The summed E-state index contributed by atoms with van der Waals surface area (Å²) >= 11 is 1.58. The molecule has 21 heavy (non-hydrogen) atoms. The van der Waals surface area contributed by atoms with E-state index in [0.717, 1.165) is 12.0 Å². The number of nitrogens with one attached hydrogen (secondary N) is 2. The molecule has 8 heteroatoms. The fourth-order valence-corrected chi connectivity index (χ4v) is 2.59. The molecule has 2 rings (SSSR count). The third-order valence-electron chi connectivity index (χ3n) is 2.94. The van der Waals surface area contributed by atoms with E-state index in [0.29, 0.717) is 6.54 Å². The normalized spacial score (nSPS) is 11.9. The number of hydrogen-bond donors (Lipinski definition) is 2. The molecule has 0 amide bonds. The molecule has 1 atom stereocenters. The molecule has 0 spiro atoms. The van der Waals surface area contributed by atoms with Crippen molar-refractivity contribution in [2.45, 2.75) is 26.3 Å². The molecule has 0 aliphatic heterocycles. The molecule has 0 bridgehead atoms. The van der Waals surface area contributed by atoms with Crippen molar-refractivity contribution in [3.8, 4) is 0 Å². The van der Waals surface area contributed by atoms with E-state index in [1.165, 1.54) is 6.33 Å². The van der Waals surface area contributed by atoms with Crippen LogP contribution in [0.15, 0.2) is 23.2 Å². The predicted octanol–water partition coefficient (Wildman–Crippen LogP) is 3.44. The highest BCUT2D eigenvalue weighted by Gasteiger charge is 2.24. The molecule has 0 saturated carbocycles. The SMILES string of the molecule is CCCNc1ncnc(NC(C)c2ccsc2)c1[N+](=O)[O-]. The number of nitro groups is 1. The maximum atomic E-state index is 11.3. The second-order valence-corrected chi connectivity index (χ2v) is 5.31. The Morgan fingerprint density at radius 3 is 2.81 bits per heavy atom. The van der Waals surface area contributed by atoms with Gasteiger partial charge in [0.2, 0.25) is 11.6 Å². The van der Waals surface area contributed by atoms with E-state index in [1.54, 1.807) is 11.3 Å². The van der Waals surface area contributed by atoms with Gasteiger partial charge in [-0.3, -0.25) is 10.1 Å². The van der Waals surface area contributed by atoms with Crippen molar-refractivity contribution in [1.82, 2.24) is 9.97 Å². The predicted molar refractivity (Wildman–Crippen MR) is 83.8 cm³/mol. The second kappa shape index (κ2) is 6.98. The fourth-order valence-electron chi connectivity index (χ4n) is 1.84. The Labute approximate surface area is 126 Å². The van der Waals surface area contributed by atoms with Crippen LogP contribution in [0.1, 0.15) is 31.9 Å². The molecular weight excluding hydrogens is 290 g/mol. The Morgan fingerprint density at radius 2 is 2.19 bits per heavy atom. The minimum Gasteiger partial charge on any atom is -0.364 e. The zero-order valence-electron chi connectivity index (χ0n) is 11.9. The lowest BCUT2D eigenvalue weighted by atomic mass is 10.2. The zero-order valence-corrected chi connectivity index (χ0v) is 12.7. The van der Waals surface area contributed by atoms with E-state index < -0.39 is 4.92 Å². The molecule has 112 valence electrons. The average Bonchev–Trinajstić information content (AvgIpc) is 2.99. The minimum atomic E-state index is -0.458. The lowest BCUT2D eigenvalue weighted by Crippen LogP contribution is -2.12. The Morgan fingerprint density at radius 1 is 1.43 bits per heavy atom. The summed E-state index contributed by atoms with van der Waals surface area (Å²) in [5.41, 5.74) is 0.948. The van der Waals surface area contributed by atoms with Crippen molar-refractivity contribution in [3.05, 3.63) is 38.8 Å². The van der Waals surface area contributed by atoms with E-state index in [2.05, 4.69) is 20.6 Å². The molecule has 0 saturated heterocycles. The van der Waals surface area contributed by atoms with E-state index in [1.807, 2.05) is 30.7 Å². The van der Waals surface area contributed by atoms with Crippen molar-refractivity contribution in [1.29, 1.82) is 0 Å². The van der Waals surface area contributed by atoms with Crippen LogP contribution in [-0.2, 0) is 0 Å². The molecule has 2 heterocycles. The number of nitrogens with zero attached hydrogens (tertiary/aromatic N) is 3. The Hall–Kier alpha value is -2.22. The van der Waals surface area contributed by atoms with Gasteiger partial charge >= 0.3 is 5.69 Å². The fraction of sp³-hybridized carbons (Fsp3) is 0.385. The molecule has 2 aromatic heterocycles. The Bertz CT molecular complexity index is 603. The first-order chi connectivity index (χ1) is 10.1. The molecule has 0 fully saturated rings. The van der Waals surface area contributed by atoms with Crippen molar-refractivity contribution in [3.63, 3.8) is 0 Å². The molecule has 7 nitrogen and oxygen atoms in total. The van der Waals surface area contributed by atoms with Gasteiger partial charge in [0.05, 0.1) is 11.0 Å². The van der Waals surface area contributed by atoms with Crippen molar-refractivity contribution in [2.75, 3.05) is 17.2 Å². The molecule has 0 radical (unpaired) electrons. The van der Waals surface area contributed by atoms with Gasteiger partial charge in [0.15, 0.2) is 0 Å². The monoisotopic (exact) mass is 307 g/mol. The third-order valence-corrected chi connectivity index (χ3v) is 3.65. The maximum absolute atomic E-state index is 11.3. The first-order valence-corrected chi connectivity index (χ1v) is 7.59.